The second-order valence-corrected chi connectivity index (χ2v) is 6.79. The van der Waals surface area contributed by atoms with Gasteiger partial charge in [0, 0.05) is 0 Å². The number of alkyl carbamates (subject to hydrolysis) is 1. The molecule has 0 spiro atoms. The van der Waals surface area contributed by atoms with E-state index in [1.807, 2.05) is 0 Å². The third-order valence-electron chi connectivity index (χ3n) is 3.26. The fourth-order valence-corrected chi connectivity index (χ4v) is 2.07. The lowest BCUT2D eigenvalue weighted by atomic mass is 10.2. The minimum absolute atomic E-state index is 0.307. The smallest absolute Gasteiger partial charge is 0.408 e. The summed E-state index contributed by atoms with van der Waals surface area (Å²) in [5.74, 6) is -1.61. The molecule has 0 saturated carbocycles. The first-order valence-electron chi connectivity index (χ1n) is 8.49. The highest BCUT2D eigenvalue weighted by Crippen LogP contribution is 2.09. The van der Waals surface area contributed by atoms with Gasteiger partial charge >= 0.3 is 6.09 Å². The third kappa shape index (κ3) is 6.34. The Morgan fingerprint density at radius 2 is 1.57 bits per heavy atom. The molecule has 3 amide bonds. The van der Waals surface area contributed by atoms with E-state index in [9.17, 15) is 19.2 Å². The summed E-state index contributed by atoms with van der Waals surface area (Å²) < 4.78 is 6.08. The second kappa shape index (κ2) is 8.93. The zero-order chi connectivity index (χ0) is 20.7. The Morgan fingerprint density at radius 1 is 0.964 bits per heavy atom. The Labute approximate surface area is 160 Å². The van der Waals surface area contributed by atoms with Gasteiger partial charge in [-0.2, -0.15) is 4.68 Å². The number of fused-ring (bicyclic) bond motifs is 1. The van der Waals surface area contributed by atoms with Crippen molar-refractivity contribution in [2.45, 2.75) is 26.4 Å². The van der Waals surface area contributed by atoms with Crippen LogP contribution < -0.4 is 16.0 Å². The number of aromatic nitrogens is 3. The van der Waals surface area contributed by atoms with Crippen LogP contribution >= 0.6 is 0 Å². The summed E-state index contributed by atoms with van der Waals surface area (Å²) in [6.07, 6.45) is -0.738. The lowest BCUT2D eigenvalue weighted by Gasteiger charge is -2.19. The molecule has 11 nitrogen and oxygen atoms in total. The SMILES string of the molecule is CC(C)(C)OC(=O)NCC(=O)NCC(=O)NCC(=O)n1nnc2ccccc21. The highest BCUT2D eigenvalue weighted by molar-refractivity contribution is 5.93. The Balaban J connectivity index is 1.70. The summed E-state index contributed by atoms with van der Waals surface area (Å²) in [6, 6.07) is 6.92. The monoisotopic (exact) mass is 390 g/mol. The topological polar surface area (TPSA) is 144 Å². The molecular weight excluding hydrogens is 368 g/mol. The Bertz CT molecular complexity index is 886. The van der Waals surface area contributed by atoms with Gasteiger partial charge in [-0.15, -0.1) is 5.10 Å². The number of carbonyl (C=O) groups excluding carboxylic acids is 4. The molecule has 0 radical (unpaired) electrons. The molecule has 2 aromatic rings. The van der Waals surface area contributed by atoms with Crippen molar-refractivity contribution in [2.75, 3.05) is 19.6 Å². The predicted octanol–water partition coefficient (Wildman–Crippen LogP) is -0.171. The van der Waals surface area contributed by atoms with Crippen molar-refractivity contribution in [3.8, 4) is 0 Å². The molecule has 0 aliphatic rings. The summed E-state index contributed by atoms with van der Waals surface area (Å²) in [5.41, 5.74) is 0.415. The molecule has 0 aliphatic carbocycles. The third-order valence-corrected chi connectivity index (χ3v) is 3.26. The molecule has 0 fully saturated rings. The maximum absolute atomic E-state index is 12.2. The van der Waals surface area contributed by atoms with Gasteiger partial charge in [0.2, 0.25) is 11.8 Å². The average molecular weight is 390 g/mol. The van der Waals surface area contributed by atoms with Gasteiger partial charge in [-0.1, -0.05) is 17.3 Å². The first kappa shape index (κ1) is 20.8. The summed E-state index contributed by atoms with van der Waals surface area (Å²) >= 11 is 0. The van der Waals surface area contributed by atoms with Crippen molar-refractivity contribution >= 4 is 34.8 Å². The lowest BCUT2D eigenvalue weighted by molar-refractivity contribution is -0.125. The number of carbonyl (C=O) groups is 4. The Hall–Kier alpha value is -3.50. The first-order valence-corrected chi connectivity index (χ1v) is 8.49. The van der Waals surface area contributed by atoms with Crippen molar-refractivity contribution in [1.29, 1.82) is 0 Å². The molecule has 1 aromatic heterocycles. The number of amides is 3. The van der Waals surface area contributed by atoms with Crippen LogP contribution in [0.15, 0.2) is 24.3 Å². The van der Waals surface area contributed by atoms with Crippen LogP contribution in [-0.2, 0) is 14.3 Å². The fourth-order valence-electron chi connectivity index (χ4n) is 2.07. The molecule has 3 N–H and O–H groups in total. The molecule has 1 heterocycles. The van der Waals surface area contributed by atoms with E-state index < -0.39 is 29.4 Å². The van der Waals surface area contributed by atoms with Gasteiger partial charge in [0.1, 0.15) is 17.7 Å². The van der Waals surface area contributed by atoms with E-state index in [-0.39, 0.29) is 19.6 Å². The van der Waals surface area contributed by atoms with Crippen molar-refractivity contribution < 1.29 is 23.9 Å². The van der Waals surface area contributed by atoms with Crippen LogP contribution in [-0.4, -0.2) is 64.0 Å². The summed E-state index contributed by atoms with van der Waals surface area (Å²) in [6.45, 7) is 4.09. The number of nitrogens with one attached hydrogen (secondary N) is 3. The molecule has 0 saturated heterocycles. The van der Waals surface area contributed by atoms with Crippen molar-refractivity contribution in [3.63, 3.8) is 0 Å². The normalized spacial score (nSPS) is 11.0. The summed E-state index contributed by atoms with van der Waals surface area (Å²) in [5, 5.41) is 14.6. The number of para-hydroxylation sites is 1. The molecule has 0 unspecified atom stereocenters. The van der Waals surface area contributed by atoms with Gasteiger partial charge in [0.25, 0.3) is 5.91 Å². The molecule has 0 aliphatic heterocycles. The maximum atomic E-state index is 12.2. The molecule has 1 aromatic carbocycles. The molecule has 0 bridgehead atoms. The Morgan fingerprint density at radius 3 is 2.25 bits per heavy atom. The zero-order valence-corrected chi connectivity index (χ0v) is 15.8. The average Bonchev–Trinajstić information content (AvgIpc) is 3.05. The van der Waals surface area contributed by atoms with E-state index in [1.54, 1.807) is 45.0 Å². The van der Waals surface area contributed by atoms with E-state index in [0.717, 1.165) is 4.68 Å². The lowest BCUT2D eigenvalue weighted by Crippen LogP contribution is -2.44. The molecule has 11 heteroatoms. The summed E-state index contributed by atoms with van der Waals surface area (Å²) in [4.78, 5) is 47.0. The maximum Gasteiger partial charge on any atom is 0.408 e. The quantitative estimate of drug-likeness (QED) is 0.621. The van der Waals surface area contributed by atoms with Crippen molar-refractivity contribution in [3.05, 3.63) is 24.3 Å². The van der Waals surface area contributed by atoms with Crippen molar-refractivity contribution in [1.82, 2.24) is 30.9 Å². The van der Waals surface area contributed by atoms with Gasteiger partial charge in [0.05, 0.1) is 18.6 Å². The van der Waals surface area contributed by atoms with Gasteiger partial charge in [-0.05, 0) is 32.9 Å². The van der Waals surface area contributed by atoms with E-state index in [1.165, 1.54) is 0 Å². The van der Waals surface area contributed by atoms with Gasteiger partial charge in [-0.3, -0.25) is 14.4 Å². The standard InChI is InChI=1S/C17H22N6O5/c1-17(2,3)28-16(27)20-9-14(25)18-8-13(24)19-10-15(26)23-12-7-5-4-6-11(12)21-22-23/h4-7H,8-10H2,1-3H3,(H,18,25)(H,19,24)(H,20,27). The summed E-state index contributed by atoms with van der Waals surface area (Å²) in [7, 11) is 0. The molecule has 0 atom stereocenters. The van der Waals surface area contributed by atoms with Crippen LogP contribution in [0.4, 0.5) is 4.79 Å². The highest BCUT2D eigenvalue weighted by atomic mass is 16.6. The van der Waals surface area contributed by atoms with Crippen LogP contribution in [0.25, 0.3) is 11.0 Å². The van der Waals surface area contributed by atoms with Gasteiger partial charge in [0.15, 0.2) is 0 Å². The first-order chi connectivity index (χ1) is 13.2. The van der Waals surface area contributed by atoms with Crippen LogP contribution in [0.1, 0.15) is 25.6 Å². The number of rotatable bonds is 6. The van der Waals surface area contributed by atoms with E-state index >= 15 is 0 Å². The Kier molecular flexibility index (Phi) is 6.64. The zero-order valence-electron chi connectivity index (χ0n) is 15.8. The second-order valence-electron chi connectivity index (χ2n) is 6.79. The number of ether oxygens (including phenoxy) is 1. The van der Waals surface area contributed by atoms with Crippen molar-refractivity contribution in [2.24, 2.45) is 0 Å². The molecule has 2 rings (SSSR count). The van der Waals surface area contributed by atoms with Crippen LogP contribution in [0.2, 0.25) is 0 Å². The predicted molar refractivity (Wildman–Crippen MR) is 98.4 cm³/mol. The fraction of sp³-hybridized carbons (Fsp3) is 0.412. The van der Waals surface area contributed by atoms with Crippen LogP contribution in [0, 0.1) is 0 Å². The number of nitrogens with zero attached hydrogens (tertiary/aromatic N) is 3. The van der Waals surface area contributed by atoms with Crippen LogP contribution in [0.5, 0.6) is 0 Å². The number of benzene rings is 1. The molecular formula is C17H22N6O5. The van der Waals surface area contributed by atoms with Crippen LogP contribution in [0.3, 0.4) is 0 Å². The minimum atomic E-state index is -0.738. The van der Waals surface area contributed by atoms with E-state index in [2.05, 4.69) is 26.3 Å². The molecule has 28 heavy (non-hydrogen) atoms. The van der Waals surface area contributed by atoms with E-state index in [4.69, 9.17) is 4.74 Å². The largest absolute Gasteiger partial charge is 0.444 e. The van der Waals surface area contributed by atoms with Gasteiger partial charge < -0.3 is 20.7 Å². The number of hydrogen-bond donors (Lipinski definition) is 3. The number of hydrogen-bond acceptors (Lipinski definition) is 7. The van der Waals surface area contributed by atoms with E-state index in [0.29, 0.717) is 11.0 Å². The van der Waals surface area contributed by atoms with Gasteiger partial charge in [-0.25, -0.2) is 4.79 Å². The highest BCUT2D eigenvalue weighted by Gasteiger charge is 2.17. The molecule has 150 valence electrons. The minimum Gasteiger partial charge on any atom is -0.444 e.